The van der Waals surface area contributed by atoms with Gasteiger partial charge in [-0.3, -0.25) is 14.6 Å². The molecule has 0 atom stereocenters. The Morgan fingerprint density at radius 1 is 0.967 bits per heavy atom. The fourth-order valence-electron chi connectivity index (χ4n) is 3.60. The van der Waals surface area contributed by atoms with Crippen molar-refractivity contribution in [1.82, 2.24) is 19.8 Å². The van der Waals surface area contributed by atoms with E-state index in [4.69, 9.17) is 4.98 Å². The van der Waals surface area contributed by atoms with Crippen LogP contribution in [0.5, 0.6) is 0 Å². The molecule has 0 unspecified atom stereocenters. The van der Waals surface area contributed by atoms with Crippen molar-refractivity contribution in [1.29, 1.82) is 0 Å². The second-order valence-electron chi connectivity index (χ2n) is 7.31. The zero-order valence-corrected chi connectivity index (χ0v) is 17.8. The number of carbonyl (C=O) groups excluding carboxylic acids is 1. The number of hydrogen-bond acceptors (Lipinski definition) is 7. The predicted octanol–water partition coefficient (Wildman–Crippen LogP) is 3.80. The topological polar surface area (TPSA) is 61.4 Å². The second kappa shape index (κ2) is 8.35. The van der Waals surface area contributed by atoms with E-state index in [2.05, 4.69) is 26.2 Å². The third-order valence-corrected chi connectivity index (χ3v) is 7.08. The molecule has 30 heavy (non-hydrogen) atoms. The summed E-state index contributed by atoms with van der Waals surface area (Å²) in [6, 6.07) is 12.7. The Morgan fingerprint density at radius 2 is 1.73 bits per heavy atom. The minimum absolute atomic E-state index is 0.0887. The Bertz CT molecular complexity index is 1170. The molecule has 6 nitrogen and oxygen atoms in total. The number of benzene rings is 2. The zero-order chi connectivity index (χ0) is 20.5. The van der Waals surface area contributed by atoms with Gasteiger partial charge in [0.15, 0.2) is 5.13 Å². The first kappa shape index (κ1) is 19.5. The van der Waals surface area contributed by atoms with E-state index in [0.717, 1.165) is 47.9 Å². The van der Waals surface area contributed by atoms with E-state index in [1.807, 2.05) is 18.2 Å². The number of anilines is 1. The summed E-state index contributed by atoms with van der Waals surface area (Å²) in [7, 11) is 0. The Hall–Kier alpha value is -2.46. The highest BCUT2D eigenvalue weighted by Gasteiger charge is 2.20. The van der Waals surface area contributed by atoms with Crippen LogP contribution < -0.4 is 5.32 Å². The van der Waals surface area contributed by atoms with Gasteiger partial charge in [-0.1, -0.05) is 23.5 Å². The number of thiazole rings is 2. The number of para-hydroxylation sites is 1. The standard InChI is InChI=1S/C21H20FN5OS2/c22-14-5-6-16-18(11-14)30-21(24-16)25-19(28)12-26-7-9-27(10-8-26)13-20-23-15-3-1-2-4-17(15)29-20/h1-6,11H,7-10,12-13H2,(H,24,25,28). The maximum Gasteiger partial charge on any atom is 0.240 e. The van der Waals surface area contributed by atoms with Gasteiger partial charge in [0, 0.05) is 26.2 Å². The minimum atomic E-state index is -0.298. The highest BCUT2D eigenvalue weighted by molar-refractivity contribution is 7.22. The number of rotatable bonds is 5. The molecule has 154 valence electrons. The average molecular weight is 442 g/mol. The molecule has 2 aromatic carbocycles. The highest BCUT2D eigenvalue weighted by atomic mass is 32.1. The second-order valence-corrected chi connectivity index (χ2v) is 9.45. The van der Waals surface area contributed by atoms with Gasteiger partial charge in [0.1, 0.15) is 10.8 Å². The first-order valence-corrected chi connectivity index (χ1v) is 11.4. The molecule has 3 heterocycles. The van der Waals surface area contributed by atoms with Crippen molar-refractivity contribution in [2.75, 3.05) is 38.0 Å². The first-order chi connectivity index (χ1) is 14.6. The summed E-state index contributed by atoms with van der Waals surface area (Å²) in [5, 5.41) is 4.49. The predicted molar refractivity (Wildman–Crippen MR) is 120 cm³/mol. The van der Waals surface area contributed by atoms with Gasteiger partial charge in [-0.15, -0.1) is 11.3 Å². The van der Waals surface area contributed by atoms with E-state index >= 15 is 0 Å². The lowest BCUT2D eigenvalue weighted by Crippen LogP contribution is -2.48. The van der Waals surface area contributed by atoms with Crippen LogP contribution in [0.2, 0.25) is 0 Å². The Labute approximate surface area is 181 Å². The van der Waals surface area contributed by atoms with Gasteiger partial charge in [0.2, 0.25) is 5.91 Å². The zero-order valence-electron chi connectivity index (χ0n) is 16.2. The molecule has 5 rings (SSSR count). The smallest absolute Gasteiger partial charge is 0.240 e. The van der Waals surface area contributed by atoms with Crippen molar-refractivity contribution in [3.63, 3.8) is 0 Å². The number of fused-ring (bicyclic) bond motifs is 2. The van der Waals surface area contributed by atoms with Crippen molar-refractivity contribution < 1.29 is 9.18 Å². The number of aromatic nitrogens is 2. The molecule has 9 heteroatoms. The Kier molecular flexibility index (Phi) is 5.43. The van der Waals surface area contributed by atoms with Crippen LogP contribution in [0.25, 0.3) is 20.4 Å². The normalized spacial score (nSPS) is 15.8. The molecule has 1 N–H and O–H groups in total. The van der Waals surface area contributed by atoms with Crippen LogP contribution >= 0.6 is 22.7 Å². The molecule has 0 saturated carbocycles. The lowest BCUT2D eigenvalue weighted by atomic mass is 10.3. The molecule has 4 aromatic rings. The molecule has 1 saturated heterocycles. The average Bonchev–Trinajstić information content (AvgIpc) is 3.31. The van der Waals surface area contributed by atoms with E-state index in [-0.39, 0.29) is 11.7 Å². The van der Waals surface area contributed by atoms with Crippen molar-refractivity contribution in [2.24, 2.45) is 0 Å². The van der Waals surface area contributed by atoms with E-state index in [0.29, 0.717) is 17.2 Å². The summed E-state index contributed by atoms with van der Waals surface area (Å²) in [4.78, 5) is 26.0. The lowest BCUT2D eigenvalue weighted by molar-refractivity contribution is -0.117. The molecule has 1 fully saturated rings. The maximum absolute atomic E-state index is 13.3. The number of nitrogens with one attached hydrogen (secondary N) is 1. The van der Waals surface area contributed by atoms with Crippen LogP contribution in [0.4, 0.5) is 9.52 Å². The van der Waals surface area contributed by atoms with Gasteiger partial charge < -0.3 is 5.32 Å². The molecule has 0 radical (unpaired) electrons. The molecule has 0 bridgehead atoms. The van der Waals surface area contributed by atoms with Gasteiger partial charge in [0.05, 0.1) is 33.5 Å². The van der Waals surface area contributed by atoms with Gasteiger partial charge >= 0.3 is 0 Å². The quantitative estimate of drug-likeness (QED) is 0.511. The van der Waals surface area contributed by atoms with E-state index in [1.165, 1.54) is 28.2 Å². The van der Waals surface area contributed by atoms with Crippen LogP contribution in [-0.2, 0) is 11.3 Å². The van der Waals surface area contributed by atoms with Crippen molar-refractivity contribution in [3.8, 4) is 0 Å². The third kappa shape index (κ3) is 4.34. The van der Waals surface area contributed by atoms with Gasteiger partial charge in [-0.25, -0.2) is 14.4 Å². The molecular weight excluding hydrogens is 421 g/mol. The summed E-state index contributed by atoms with van der Waals surface area (Å²) in [5.74, 6) is -0.387. The van der Waals surface area contributed by atoms with E-state index in [9.17, 15) is 9.18 Å². The summed E-state index contributed by atoms with van der Waals surface area (Å²) < 4.78 is 15.3. The molecule has 0 aliphatic carbocycles. The van der Waals surface area contributed by atoms with Gasteiger partial charge in [0.25, 0.3) is 0 Å². The number of piperazine rings is 1. The largest absolute Gasteiger partial charge is 0.301 e. The Morgan fingerprint density at radius 3 is 2.57 bits per heavy atom. The number of hydrogen-bond donors (Lipinski definition) is 1. The first-order valence-electron chi connectivity index (χ1n) is 9.77. The Balaban J connectivity index is 1.12. The number of amides is 1. The van der Waals surface area contributed by atoms with Crippen molar-refractivity contribution >= 4 is 54.1 Å². The van der Waals surface area contributed by atoms with Crippen LogP contribution in [0.15, 0.2) is 42.5 Å². The SMILES string of the molecule is O=C(CN1CCN(Cc2nc3ccccc3s2)CC1)Nc1nc2ccc(F)cc2s1. The van der Waals surface area contributed by atoms with Gasteiger partial charge in [-0.2, -0.15) is 0 Å². The molecular formula is C21H20FN5OS2. The summed E-state index contributed by atoms with van der Waals surface area (Å²) in [6.07, 6.45) is 0. The van der Waals surface area contributed by atoms with E-state index < -0.39 is 0 Å². The lowest BCUT2D eigenvalue weighted by Gasteiger charge is -2.33. The molecule has 1 aliphatic rings. The molecule has 2 aromatic heterocycles. The van der Waals surface area contributed by atoms with Gasteiger partial charge in [-0.05, 0) is 30.3 Å². The van der Waals surface area contributed by atoms with Crippen LogP contribution in [-0.4, -0.2) is 58.4 Å². The van der Waals surface area contributed by atoms with Crippen molar-refractivity contribution in [2.45, 2.75) is 6.54 Å². The maximum atomic E-state index is 13.3. The highest BCUT2D eigenvalue weighted by Crippen LogP contribution is 2.26. The fourth-order valence-corrected chi connectivity index (χ4v) is 5.51. The fraction of sp³-hybridized carbons (Fsp3) is 0.286. The molecule has 1 aliphatic heterocycles. The number of nitrogens with zero attached hydrogens (tertiary/aromatic N) is 4. The van der Waals surface area contributed by atoms with Crippen LogP contribution in [0, 0.1) is 5.82 Å². The van der Waals surface area contributed by atoms with E-state index in [1.54, 1.807) is 17.4 Å². The monoisotopic (exact) mass is 441 g/mol. The summed E-state index contributed by atoms with van der Waals surface area (Å²) in [5.41, 5.74) is 1.76. The molecule has 0 spiro atoms. The molecule has 1 amide bonds. The van der Waals surface area contributed by atoms with Crippen LogP contribution in [0.3, 0.4) is 0 Å². The minimum Gasteiger partial charge on any atom is -0.301 e. The summed E-state index contributed by atoms with van der Waals surface area (Å²) >= 11 is 3.04. The van der Waals surface area contributed by atoms with Crippen molar-refractivity contribution in [3.05, 3.63) is 53.3 Å². The third-order valence-electron chi connectivity index (χ3n) is 5.13. The number of halogens is 1. The summed E-state index contributed by atoms with van der Waals surface area (Å²) in [6.45, 7) is 4.67. The van der Waals surface area contributed by atoms with Crippen LogP contribution in [0.1, 0.15) is 5.01 Å². The number of carbonyl (C=O) groups is 1.